The monoisotopic (exact) mass is 202 g/mol. The minimum atomic E-state index is 0.739. The first kappa shape index (κ1) is 7.24. The summed E-state index contributed by atoms with van der Waals surface area (Å²) in [6.07, 6.45) is 0. The maximum Gasteiger partial charge on any atom is -0.0161 e. The van der Waals surface area contributed by atoms with E-state index in [4.69, 9.17) is 0 Å². The molecular weight excluding hydrogens is 195 g/mol. The summed E-state index contributed by atoms with van der Waals surface area (Å²) in [7, 11) is 0.739. The normalized spacial score (nSPS) is 10.9. The van der Waals surface area contributed by atoms with Crippen LogP contribution in [0.3, 0.4) is 0 Å². The summed E-state index contributed by atoms with van der Waals surface area (Å²) in [6, 6.07) is 8.54. The third-order valence-corrected chi connectivity index (χ3v) is 3.09. The summed E-state index contributed by atoms with van der Waals surface area (Å²) in [5.74, 6) is 0. The zero-order valence-electron chi connectivity index (χ0n) is 5.19. The van der Waals surface area contributed by atoms with Crippen LogP contribution < -0.4 is 5.30 Å². The van der Waals surface area contributed by atoms with Gasteiger partial charge in [0.15, 0.2) is 0 Å². The number of hydrogen-bond acceptors (Lipinski definition) is 0. The fourth-order valence-corrected chi connectivity index (χ4v) is 1.70. The van der Waals surface area contributed by atoms with E-state index >= 15 is 0 Å². The van der Waals surface area contributed by atoms with Gasteiger partial charge in [-0.1, -0.05) is 45.3 Å². The Bertz CT molecular complexity index is 181. The van der Waals surface area contributed by atoms with Gasteiger partial charge in [0.1, 0.15) is 0 Å². The van der Waals surface area contributed by atoms with Crippen LogP contribution in [-0.4, -0.2) is 0 Å². The molecule has 0 N–H and O–H groups in total. The summed E-state index contributed by atoms with van der Waals surface area (Å²) in [6.45, 7) is 2.10. The lowest BCUT2D eigenvalue weighted by Gasteiger charge is -1.93. The van der Waals surface area contributed by atoms with Crippen molar-refractivity contribution in [1.29, 1.82) is 0 Å². The Kier molecular flexibility index (Phi) is 2.68. The molecule has 1 aromatic rings. The Labute approximate surface area is 65.2 Å². The molecule has 0 radical (unpaired) electrons. The van der Waals surface area contributed by atoms with Gasteiger partial charge in [0.2, 0.25) is 0 Å². The highest BCUT2D eigenvalue weighted by Crippen LogP contribution is 2.18. The van der Waals surface area contributed by atoms with E-state index in [9.17, 15) is 0 Å². The standard InChI is InChI=1S/C7H8BrP/c1-6-2-4-7(9-8)5-3-6/h2-5,9H,1H3. The van der Waals surface area contributed by atoms with Gasteiger partial charge in [0.05, 0.1) is 0 Å². The predicted molar refractivity (Wildman–Crippen MR) is 48.1 cm³/mol. The Morgan fingerprint density at radius 2 is 1.78 bits per heavy atom. The number of rotatable bonds is 1. The Balaban J connectivity index is 2.88. The van der Waals surface area contributed by atoms with Crippen LogP contribution >= 0.6 is 22.8 Å². The van der Waals surface area contributed by atoms with E-state index in [1.807, 2.05) is 0 Å². The molecule has 0 nitrogen and oxygen atoms in total. The van der Waals surface area contributed by atoms with Crippen LogP contribution in [0.4, 0.5) is 0 Å². The third-order valence-electron chi connectivity index (χ3n) is 1.16. The smallest absolute Gasteiger partial charge is 0.0161 e. The lowest BCUT2D eigenvalue weighted by Crippen LogP contribution is -1.88. The molecule has 0 fully saturated rings. The molecule has 1 atom stereocenters. The summed E-state index contributed by atoms with van der Waals surface area (Å²) in [4.78, 5) is 0. The Morgan fingerprint density at radius 1 is 1.22 bits per heavy atom. The van der Waals surface area contributed by atoms with Crippen LogP contribution in [0.2, 0.25) is 0 Å². The zero-order valence-corrected chi connectivity index (χ0v) is 7.77. The molecular formula is C7H8BrP. The van der Waals surface area contributed by atoms with Gasteiger partial charge in [0.25, 0.3) is 0 Å². The molecule has 0 heterocycles. The maximum absolute atomic E-state index is 3.41. The molecule has 0 bridgehead atoms. The molecule has 0 aliphatic carbocycles. The second-order valence-electron chi connectivity index (χ2n) is 1.96. The second-order valence-corrected chi connectivity index (χ2v) is 3.92. The molecule has 2 heteroatoms. The largest absolute Gasteiger partial charge is 0.0589 e. The van der Waals surface area contributed by atoms with Crippen LogP contribution in [0, 0.1) is 6.92 Å². The fraction of sp³-hybridized carbons (Fsp3) is 0.143. The molecule has 0 aliphatic heterocycles. The number of benzene rings is 1. The lowest BCUT2D eigenvalue weighted by molar-refractivity contribution is 1.49. The average Bonchev–Trinajstić information content (AvgIpc) is 1.90. The van der Waals surface area contributed by atoms with Crippen LogP contribution in [-0.2, 0) is 0 Å². The summed E-state index contributed by atoms with van der Waals surface area (Å²) in [5, 5.41) is 1.36. The highest BCUT2D eigenvalue weighted by atomic mass is 79.9. The van der Waals surface area contributed by atoms with Crippen molar-refractivity contribution in [2.24, 2.45) is 0 Å². The van der Waals surface area contributed by atoms with E-state index in [0.29, 0.717) is 0 Å². The van der Waals surface area contributed by atoms with E-state index < -0.39 is 0 Å². The Morgan fingerprint density at radius 3 is 2.22 bits per heavy atom. The molecule has 1 unspecified atom stereocenters. The maximum atomic E-state index is 3.41. The van der Waals surface area contributed by atoms with Crippen molar-refractivity contribution in [2.75, 3.05) is 0 Å². The van der Waals surface area contributed by atoms with Crippen molar-refractivity contribution >= 4 is 28.1 Å². The molecule has 0 spiro atoms. The minimum absolute atomic E-state index is 0.739. The lowest BCUT2D eigenvalue weighted by atomic mass is 10.2. The van der Waals surface area contributed by atoms with E-state index in [0.717, 1.165) is 7.28 Å². The highest BCUT2D eigenvalue weighted by molar-refractivity contribution is 9.37. The highest BCUT2D eigenvalue weighted by Gasteiger charge is 1.85. The van der Waals surface area contributed by atoms with E-state index in [2.05, 4.69) is 46.7 Å². The van der Waals surface area contributed by atoms with Gasteiger partial charge in [0, 0.05) is 0 Å². The average molecular weight is 203 g/mol. The number of halogens is 1. The summed E-state index contributed by atoms with van der Waals surface area (Å²) < 4.78 is 0. The summed E-state index contributed by atoms with van der Waals surface area (Å²) in [5.41, 5.74) is 1.32. The molecule has 9 heavy (non-hydrogen) atoms. The first-order valence-electron chi connectivity index (χ1n) is 2.76. The van der Waals surface area contributed by atoms with Crippen molar-refractivity contribution < 1.29 is 0 Å². The molecule has 0 amide bonds. The molecule has 0 saturated carbocycles. The van der Waals surface area contributed by atoms with Gasteiger partial charge in [-0.15, -0.1) is 0 Å². The van der Waals surface area contributed by atoms with Gasteiger partial charge in [-0.05, 0) is 19.5 Å². The predicted octanol–water partition coefficient (Wildman–Crippen LogP) is 2.61. The SMILES string of the molecule is Cc1ccc(PBr)cc1. The molecule has 1 rings (SSSR count). The zero-order chi connectivity index (χ0) is 6.69. The van der Waals surface area contributed by atoms with Crippen molar-refractivity contribution in [2.45, 2.75) is 6.92 Å². The molecule has 48 valence electrons. The van der Waals surface area contributed by atoms with Gasteiger partial charge < -0.3 is 0 Å². The van der Waals surface area contributed by atoms with Crippen LogP contribution in [0.5, 0.6) is 0 Å². The van der Waals surface area contributed by atoms with Crippen molar-refractivity contribution in [3.63, 3.8) is 0 Å². The van der Waals surface area contributed by atoms with Crippen LogP contribution in [0.25, 0.3) is 0 Å². The second kappa shape index (κ2) is 3.34. The first-order chi connectivity index (χ1) is 4.33. The molecule has 0 saturated heterocycles. The van der Waals surface area contributed by atoms with Gasteiger partial charge in [-0.3, -0.25) is 0 Å². The van der Waals surface area contributed by atoms with E-state index in [1.165, 1.54) is 10.9 Å². The molecule has 0 aromatic heterocycles. The minimum Gasteiger partial charge on any atom is -0.0589 e. The Hall–Kier alpha value is 0.130. The number of aryl methyl sites for hydroxylation is 1. The quantitative estimate of drug-likeness (QED) is 0.615. The van der Waals surface area contributed by atoms with Crippen LogP contribution in [0.1, 0.15) is 5.56 Å². The topological polar surface area (TPSA) is 0 Å². The summed E-state index contributed by atoms with van der Waals surface area (Å²) >= 11 is 3.41. The molecule has 0 aliphatic rings. The molecule has 1 aromatic carbocycles. The fourth-order valence-electron chi connectivity index (χ4n) is 0.617. The number of hydrogen-bond donors (Lipinski definition) is 0. The van der Waals surface area contributed by atoms with Gasteiger partial charge >= 0.3 is 0 Å². The van der Waals surface area contributed by atoms with Crippen LogP contribution in [0.15, 0.2) is 24.3 Å². The van der Waals surface area contributed by atoms with E-state index in [-0.39, 0.29) is 0 Å². The van der Waals surface area contributed by atoms with E-state index in [1.54, 1.807) is 0 Å². The first-order valence-corrected chi connectivity index (χ1v) is 6.02. The van der Waals surface area contributed by atoms with Crippen molar-refractivity contribution in [1.82, 2.24) is 0 Å². The third kappa shape index (κ3) is 2.08. The van der Waals surface area contributed by atoms with Crippen molar-refractivity contribution in [3.05, 3.63) is 29.8 Å². The van der Waals surface area contributed by atoms with Gasteiger partial charge in [-0.25, -0.2) is 0 Å². The van der Waals surface area contributed by atoms with Crippen molar-refractivity contribution in [3.8, 4) is 0 Å². The van der Waals surface area contributed by atoms with Gasteiger partial charge in [-0.2, -0.15) is 0 Å².